The van der Waals surface area contributed by atoms with Crippen LogP contribution in [0, 0.1) is 0 Å². The molecule has 1 aromatic carbocycles. The molecule has 0 aromatic heterocycles. The predicted molar refractivity (Wildman–Crippen MR) is 69.7 cm³/mol. The Labute approximate surface area is 99.3 Å². The Morgan fingerprint density at radius 1 is 1.19 bits per heavy atom. The Bertz CT molecular complexity index is 342. The summed E-state index contributed by atoms with van der Waals surface area (Å²) in [5.74, 6) is 0. The molecule has 1 aliphatic rings. The number of nitrogens with one attached hydrogen (secondary N) is 1. The lowest BCUT2D eigenvalue weighted by atomic mass is 9.65. The molecule has 1 nitrogen and oxygen atoms in total. The summed E-state index contributed by atoms with van der Waals surface area (Å²) in [6, 6.07) is 11.0. The molecule has 0 aliphatic carbocycles. The highest BCUT2D eigenvalue weighted by Gasteiger charge is 2.48. The van der Waals surface area contributed by atoms with Crippen LogP contribution >= 0.6 is 0 Å². The fourth-order valence-corrected chi connectivity index (χ4v) is 3.34. The summed E-state index contributed by atoms with van der Waals surface area (Å²) >= 11 is 0. The molecule has 0 amide bonds. The van der Waals surface area contributed by atoms with Gasteiger partial charge in [0, 0.05) is 11.0 Å². The van der Waals surface area contributed by atoms with E-state index >= 15 is 0 Å². The molecular formula is C15H23N. The lowest BCUT2D eigenvalue weighted by Crippen LogP contribution is -2.49. The first kappa shape index (κ1) is 11.7. The van der Waals surface area contributed by atoms with Crippen molar-refractivity contribution >= 4 is 0 Å². The lowest BCUT2D eigenvalue weighted by molar-refractivity contribution is 0.252. The molecule has 1 unspecified atom stereocenters. The first-order chi connectivity index (χ1) is 7.62. The second kappa shape index (κ2) is 4.21. The van der Waals surface area contributed by atoms with E-state index in [1.807, 2.05) is 0 Å². The summed E-state index contributed by atoms with van der Waals surface area (Å²) in [7, 11) is 0. The second-order valence-electron chi connectivity index (χ2n) is 5.50. The van der Waals surface area contributed by atoms with Crippen molar-refractivity contribution in [3.63, 3.8) is 0 Å². The van der Waals surface area contributed by atoms with Gasteiger partial charge in [0.15, 0.2) is 0 Å². The highest BCUT2D eigenvalue weighted by atomic mass is 15.0. The van der Waals surface area contributed by atoms with E-state index in [1.165, 1.54) is 24.8 Å². The molecule has 0 saturated carbocycles. The van der Waals surface area contributed by atoms with Gasteiger partial charge in [-0.1, -0.05) is 43.7 Å². The third kappa shape index (κ3) is 1.67. The molecule has 2 rings (SSSR count). The van der Waals surface area contributed by atoms with Gasteiger partial charge in [0.25, 0.3) is 0 Å². The van der Waals surface area contributed by atoms with Gasteiger partial charge in [0.05, 0.1) is 0 Å². The molecule has 1 heterocycles. The summed E-state index contributed by atoms with van der Waals surface area (Å²) in [6.45, 7) is 8.13. The highest BCUT2D eigenvalue weighted by molar-refractivity contribution is 5.32. The largest absolute Gasteiger partial charge is 0.311 e. The van der Waals surface area contributed by atoms with Gasteiger partial charge in [-0.3, -0.25) is 0 Å². The molecule has 1 atom stereocenters. The number of hydrogen-bond donors (Lipinski definition) is 1. The first-order valence-corrected chi connectivity index (χ1v) is 6.43. The van der Waals surface area contributed by atoms with Crippen molar-refractivity contribution < 1.29 is 0 Å². The molecular weight excluding hydrogens is 194 g/mol. The van der Waals surface area contributed by atoms with Crippen LogP contribution in [0.3, 0.4) is 0 Å². The SMILES string of the molecule is CCCC1(c2ccccc2)CCNC1(C)C. The van der Waals surface area contributed by atoms with Gasteiger partial charge < -0.3 is 5.32 Å². The summed E-state index contributed by atoms with van der Waals surface area (Å²) in [6.07, 6.45) is 3.79. The van der Waals surface area contributed by atoms with Gasteiger partial charge in [0.1, 0.15) is 0 Å². The molecule has 1 aliphatic heterocycles. The topological polar surface area (TPSA) is 12.0 Å². The Morgan fingerprint density at radius 2 is 1.88 bits per heavy atom. The molecule has 1 aromatic rings. The minimum absolute atomic E-state index is 0.213. The lowest BCUT2D eigenvalue weighted by Gasteiger charge is -2.42. The summed E-state index contributed by atoms with van der Waals surface area (Å²) in [5.41, 5.74) is 2.04. The average molecular weight is 217 g/mol. The van der Waals surface area contributed by atoms with Crippen molar-refractivity contribution in [2.24, 2.45) is 0 Å². The predicted octanol–water partition coefficient (Wildman–Crippen LogP) is 3.50. The molecule has 0 radical (unpaired) electrons. The van der Waals surface area contributed by atoms with E-state index in [4.69, 9.17) is 0 Å². The van der Waals surface area contributed by atoms with Crippen LogP contribution in [0.15, 0.2) is 30.3 Å². The van der Waals surface area contributed by atoms with Gasteiger partial charge in [0.2, 0.25) is 0 Å². The molecule has 88 valence electrons. The molecule has 1 saturated heterocycles. The van der Waals surface area contributed by atoms with Crippen LogP contribution in [0.5, 0.6) is 0 Å². The zero-order chi connectivity index (χ0) is 11.6. The quantitative estimate of drug-likeness (QED) is 0.817. The van der Waals surface area contributed by atoms with Crippen LogP contribution in [0.4, 0.5) is 0 Å². The van der Waals surface area contributed by atoms with Crippen LogP contribution in [-0.4, -0.2) is 12.1 Å². The van der Waals surface area contributed by atoms with Crippen molar-refractivity contribution in [2.45, 2.75) is 51.0 Å². The van der Waals surface area contributed by atoms with E-state index in [-0.39, 0.29) is 5.54 Å². The number of hydrogen-bond acceptors (Lipinski definition) is 1. The fraction of sp³-hybridized carbons (Fsp3) is 0.600. The second-order valence-corrected chi connectivity index (χ2v) is 5.50. The van der Waals surface area contributed by atoms with E-state index in [2.05, 4.69) is 56.4 Å². The third-order valence-electron chi connectivity index (χ3n) is 4.32. The smallest absolute Gasteiger partial charge is 0.0222 e. The van der Waals surface area contributed by atoms with Gasteiger partial charge in [-0.05, 0) is 38.8 Å². The maximum absolute atomic E-state index is 3.67. The molecule has 1 N–H and O–H groups in total. The van der Waals surface area contributed by atoms with Crippen LogP contribution < -0.4 is 5.32 Å². The van der Waals surface area contributed by atoms with E-state index in [0.717, 1.165) is 6.54 Å². The van der Waals surface area contributed by atoms with Crippen molar-refractivity contribution in [1.29, 1.82) is 0 Å². The highest BCUT2D eigenvalue weighted by Crippen LogP contribution is 2.45. The first-order valence-electron chi connectivity index (χ1n) is 6.43. The van der Waals surface area contributed by atoms with E-state index in [1.54, 1.807) is 0 Å². The van der Waals surface area contributed by atoms with Crippen LogP contribution in [0.1, 0.15) is 45.6 Å². The van der Waals surface area contributed by atoms with Gasteiger partial charge in [-0.25, -0.2) is 0 Å². The van der Waals surface area contributed by atoms with Crippen molar-refractivity contribution in [1.82, 2.24) is 5.32 Å². The Morgan fingerprint density at radius 3 is 2.38 bits per heavy atom. The third-order valence-corrected chi connectivity index (χ3v) is 4.32. The zero-order valence-corrected chi connectivity index (χ0v) is 10.7. The minimum atomic E-state index is 0.213. The zero-order valence-electron chi connectivity index (χ0n) is 10.7. The van der Waals surface area contributed by atoms with Gasteiger partial charge in [-0.15, -0.1) is 0 Å². The van der Waals surface area contributed by atoms with E-state index < -0.39 is 0 Å². The minimum Gasteiger partial charge on any atom is -0.311 e. The molecule has 0 bridgehead atoms. The summed E-state index contributed by atoms with van der Waals surface area (Å²) in [5, 5.41) is 3.67. The normalized spacial score (nSPS) is 28.2. The summed E-state index contributed by atoms with van der Waals surface area (Å²) in [4.78, 5) is 0. The Kier molecular flexibility index (Phi) is 3.07. The van der Waals surface area contributed by atoms with E-state index in [0.29, 0.717) is 5.41 Å². The Hall–Kier alpha value is -0.820. The maximum atomic E-state index is 3.67. The summed E-state index contributed by atoms with van der Waals surface area (Å²) < 4.78 is 0. The monoisotopic (exact) mass is 217 g/mol. The van der Waals surface area contributed by atoms with Crippen molar-refractivity contribution in [3.8, 4) is 0 Å². The number of benzene rings is 1. The average Bonchev–Trinajstić information content (AvgIpc) is 2.57. The van der Waals surface area contributed by atoms with Gasteiger partial charge in [-0.2, -0.15) is 0 Å². The molecule has 16 heavy (non-hydrogen) atoms. The standard InChI is InChI=1S/C15H23N/c1-4-10-15(11-12-16-14(15,2)3)13-8-6-5-7-9-13/h5-9,16H,4,10-12H2,1-3H3. The number of rotatable bonds is 3. The van der Waals surface area contributed by atoms with Crippen molar-refractivity contribution in [3.05, 3.63) is 35.9 Å². The van der Waals surface area contributed by atoms with Crippen LogP contribution in [0.25, 0.3) is 0 Å². The van der Waals surface area contributed by atoms with Crippen LogP contribution in [0.2, 0.25) is 0 Å². The fourth-order valence-electron chi connectivity index (χ4n) is 3.34. The van der Waals surface area contributed by atoms with Crippen LogP contribution in [-0.2, 0) is 5.41 Å². The maximum Gasteiger partial charge on any atom is 0.0222 e. The van der Waals surface area contributed by atoms with Gasteiger partial charge >= 0.3 is 0 Å². The Balaban J connectivity index is 2.44. The van der Waals surface area contributed by atoms with E-state index in [9.17, 15) is 0 Å². The molecule has 0 spiro atoms. The molecule has 1 fully saturated rings. The molecule has 1 heteroatoms. The van der Waals surface area contributed by atoms with Crippen molar-refractivity contribution in [2.75, 3.05) is 6.54 Å².